The molecule has 1 aliphatic heterocycles. The number of rotatable bonds is 4. The van der Waals surface area contributed by atoms with Crippen molar-refractivity contribution in [1.29, 1.82) is 0 Å². The van der Waals surface area contributed by atoms with Gasteiger partial charge in [-0.1, -0.05) is 6.07 Å². The smallest absolute Gasteiger partial charge is 0.416 e. The number of halogens is 3. The van der Waals surface area contributed by atoms with Crippen molar-refractivity contribution in [3.8, 4) is 0 Å². The fraction of sp³-hybridized carbons (Fsp3) is 0.533. The molecule has 1 heterocycles. The largest absolute Gasteiger partial charge is 0.462 e. The van der Waals surface area contributed by atoms with E-state index < -0.39 is 17.7 Å². The average Bonchev–Trinajstić information content (AvgIpc) is 2.47. The maximum atomic E-state index is 12.6. The zero-order valence-corrected chi connectivity index (χ0v) is 12.3. The van der Waals surface area contributed by atoms with E-state index in [1.54, 1.807) is 0 Å². The zero-order chi connectivity index (χ0) is 15.3. The Balaban J connectivity index is 1.85. The van der Waals surface area contributed by atoms with Crippen molar-refractivity contribution in [3.63, 3.8) is 0 Å². The number of esters is 1. The number of benzene rings is 1. The number of ether oxygens (including phenoxy) is 1. The molecule has 0 aliphatic carbocycles. The molecule has 1 fully saturated rings. The van der Waals surface area contributed by atoms with Crippen LogP contribution in [0, 0.1) is 5.92 Å². The number of hydrogen-bond acceptors (Lipinski definition) is 3. The van der Waals surface area contributed by atoms with Crippen molar-refractivity contribution in [1.82, 2.24) is 0 Å². The second-order valence-electron chi connectivity index (χ2n) is 5.06. The van der Waals surface area contributed by atoms with E-state index in [0.29, 0.717) is 5.92 Å². The third-order valence-electron chi connectivity index (χ3n) is 3.53. The summed E-state index contributed by atoms with van der Waals surface area (Å²) in [5.41, 5.74) is -0.884. The number of thioether (sulfide) groups is 1. The molecular formula is C15H17F3O2S. The highest BCUT2D eigenvalue weighted by atomic mass is 32.2. The van der Waals surface area contributed by atoms with E-state index >= 15 is 0 Å². The van der Waals surface area contributed by atoms with E-state index in [2.05, 4.69) is 0 Å². The van der Waals surface area contributed by atoms with Gasteiger partial charge in [-0.25, -0.2) is 4.79 Å². The molecule has 1 aliphatic rings. The predicted octanol–water partition coefficient (Wildman–Crippen LogP) is 4.40. The minimum atomic E-state index is -4.45. The van der Waals surface area contributed by atoms with Crippen LogP contribution in [-0.4, -0.2) is 24.1 Å². The van der Waals surface area contributed by atoms with E-state index in [0.717, 1.165) is 42.9 Å². The van der Waals surface area contributed by atoms with E-state index in [1.807, 2.05) is 11.8 Å². The first-order valence-electron chi connectivity index (χ1n) is 6.89. The molecule has 0 radical (unpaired) electrons. The molecular weight excluding hydrogens is 301 g/mol. The van der Waals surface area contributed by atoms with Crippen LogP contribution < -0.4 is 0 Å². The lowest BCUT2D eigenvalue weighted by atomic mass is 9.99. The summed E-state index contributed by atoms with van der Waals surface area (Å²) >= 11 is 1.92. The van der Waals surface area contributed by atoms with Gasteiger partial charge < -0.3 is 4.74 Å². The number of carbonyl (C=O) groups is 1. The fourth-order valence-electron chi connectivity index (χ4n) is 2.26. The van der Waals surface area contributed by atoms with Gasteiger partial charge in [-0.2, -0.15) is 24.9 Å². The van der Waals surface area contributed by atoms with Crippen LogP contribution in [0.15, 0.2) is 24.3 Å². The molecule has 0 bridgehead atoms. The summed E-state index contributed by atoms with van der Waals surface area (Å²) in [6.07, 6.45) is -1.43. The Morgan fingerprint density at radius 1 is 1.29 bits per heavy atom. The maximum absolute atomic E-state index is 12.6. The molecule has 1 aromatic rings. The molecule has 0 aromatic heterocycles. The monoisotopic (exact) mass is 318 g/mol. The van der Waals surface area contributed by atoms with Crippen LogP contribution in [0.1, 0.15) is 35.2 Å². The fourth-order valence-corrected chi connectivity index (χ4v) is 3.46. The van der Waals surface area contributed by atoms with E-state index in [-0.39, 0.29) is 12.2 Å². The zero-order valence-electron chi connectivity index (χ0n) is 11.5. The summed E-state index contributed by atoms with van der Waals surface area (Å²) in [6.45, 7) is 0.268. The molecule has 0 saturated carbocycles. The van der Waals surface area contributed by atoms with Crippen molar-refractivity contribution in [3.05, 3.63) is 35.4 Å². The van der Waals surface area contributed by atoms with Crippen molar-refractivity contribution in [2.75, 3.05) is 18.1 Å². The third kappa shape index (κ3) is 4.95. The van der Waals surface area contributed by atoms with E-state index in [4.69, 9.17) is 4.74 Å². The molecule has 6 heteroatoms. The Bertz CT molecular complexity index is 482. The molecule has 21 heavy (non-hydrogen) atoms. The standard InChI is InChI=1S/C15H17F3O2S/c16-15(17,18)13-3-1-2-12(10-13)14(19)20-7-4-11-5-8-21-9-6-11/h1-3,10-11H,4-9H2. The molecule has 0 spiro atoms. The Hall–Kier alpha value is -1.17. The first-order valence-corrected chi connectivity index (χ1v) is 8.04. The highest BCUT2D eigenvalue weighted by molar-refractivity contribution is 7.99. The SMILES string of the molecule is O=C(OCCC1CCSCC1)c1cccc(C(F)(F)F)c1. The van der Waals surface area contributed by atoms with Crippen LogP contribution in [0.3, 0.4) is 0 Å². The van der Waals surface area contributed by atoms with E-state index in [9.17, 15) is 18.0 Å². The van der Waals surface area contributed by atoms with Crippen LogP contribution in [0.25, 0.3) is 0 Å². The van der Waals surface area contributed by atoms with Gasteiger partial charge in [-0.3, -0.25) is 0 Å². The molecule has 0 unspecified atom stereocenters. The van der Waals surface area contributed by atoms with E-state index in [1.165, 1.54) is 12.1 Å². The average molecular weight is 318 g/mol. The normalized spacial score (nSPS) is 16.7. The Morgan fingerprint density at radius 2 is 2.00 bits per heavy atom. The Morgan fingerprint density at radius 3 is 2.67 bits per heavy atom. The van der Waals surface area contributed by atoms with Crippen molar-refractivity contribution >= 4 is 17.7 Å². The van der Waals surface area contributed by atoms with Gasteiger partial charge in [0.15, 0.2) is 0 Å². The molecule has 0 atom stereocenters. The molecule has 2 rings (SSSR count). The molecule has 2 nitrogen and oxygen atoms in total. The molecule has 0 amide bonds. The maximum Gasteiger partial charge on any atom is 0.416 e. The number of alkyl halides is 3. The van der Waals surface area contributed by atoms with Crippen LogP contribution >= 0.6 is 11.8 Å². The summed E-state index contributed by atoms with van der Waals surface area (Å²) in [5, 5.41) is 0. The topological polar surface area (TPSA) is 26.3 Å². The Labute approximate surface area is 126 Å². The summed E-state index contributed by atoms with van der Waals surface area (Å²) in [7, 11) is 0. The lowest BCUT2D eigenvalue weighted by molar-refractivity contribution is -0.137. The molecule has 1 aromatic carbocycles. The predicted molar refractivity (Wildman–Crippen MR) is 76.4 cm³/mol. The third-order valence-corrected chi connectivity index (χ3v) is 4.57. The van der Waals surface area contributed by atoms with Crippen molar-refractivity contribution in [2.24, 2.45) is 5.92 Å². The van der Waals surface area contributed by atoms with Crippen molar-refractivity contribution < 1.29 is 22.7 Å². The summed E-state index contributed by atoms with van der Waals surface area (Å²) < 4.78 is 42.8. The molecule has 0 N–H and O–H groups in total. The van der Waals surface area contributed by atoms with Gasteiger partial charge in [0.2, 0.25) is 0 Å². The summed E-state index contributed by atoms with van der Waals surface area (Å²) in [6, 6.07) is 4.34. The second-order valence-corrected chi connectivity index (χ2v) is 6.28. The van der Waals surface area contributed by atoms with Gasteiger partial charge in [0, 0.05) is 0 Å². The first kappa shape index (κ1) is 16.2. The van der Waals surface area contributed by atoms with Crippen molar-refractivity contribution in [2.45, 2.75) is 25.4 Å². The first-order chi connectivity index (χ1) is 9.97. The number of carbonyl (C=O) groups excluding carboxylic acids is 1. The number of hydrogen-bond donors (Lipinski definition) is 0. The summed E-state index contributed by atoms with van der Waals surface area (Å²) in [4.78, 5) is 11.8. The minimum Gasteiger partial charge on any atom is -0.462 e. The van der Waals surface area contributed by atoms with Gasteiger partial charge >= 0.3 is 12.1 Å². The highest BCUT2D eigenvalue weighted by Crippen LogP contribution is 2.30. The van der Waals surface area contributed by atoms with Crippen LogP contribution in [0.2, 0.25) is 0 Å². The lowest BCUT2D eigenvalue weighted by Gasteiger charge is -2.20. The molecule has 116 valence electrons. The van der Waals surface area contributed by atoms with Gasteiger partial charge in [-0.15, -0.1) is 0 Å². The quantitative estimate of drug-likeness (QED) is 0.770. The van der Waals surface area contributed by atoms with Crippen LogP contribution in [0.5, 0.6) is 0 Å². The van der Waals surface area contributed by atoms with Crippen LogP contribution in [0.4, 0.5) is 13.2 Å². The van der Waals surface area contributed by atoms with Gasteiger partial charge in [0.05, 0.1) is 17.7 Å². The lowest BCUT2D eigenvalue weighted by Crippen LogP contribution is -2.15. The molecule has 1 saturated heterocycles. The van der Waals surface area contributed by atoms with Gasteiger partial charge in [0.1, 0.15) is 0 Å². The second kappa shape index (κ2) is 7.20. The Kier molecular flexibility index (Phi) is 5.56. The highest BCUT2D eigenvalue weighted by Gasteiger charge is 2.31. The minimum absolute atomic E-state index is 0.0518. The van der Waals surface area contributed by atoms with Gasteiger partial charge in [-0.05, 0) is 54.9 Å². The summed E-state index contributed by atoms with van der Waals surface area (Å²) in [5.74, 6) is 2.13. The van der Waals surface area contributed by atoms with Crippen LogP contribution in [-0.2, 0) is 10.9 Å². The van der Waals surface area contributed by atoms with Gasteiger partial charge in [0.25, 0.3) is 0 Å².